The van der Waals surface area contributed by atoms with E-state index in [1.807, 2.05) is 18.2 Å². The van der Waals surface area contributed by atoms with Crippen LogP contribution in [-0.4, -0.2) is 6.54 Å². The number of hydrogen-bond donors (Lipinski definition) is 1. The van der Waals surface area contributed by atoms with E-state index in [1.165, 1.54) is 5.56 Å². The van der Waals surface area contributed by atoms with Crippen molar-refractivity contribution >= 4 is 27.5 Å². The van der Waals surface area contributed by atoms with E-state index >= 15 is 0 Å². The highest BCUT2D eigenvalue weighted by Crippen LogP contribution is 2.26. The molecule has 0 spiro atoms. The molecule has 1 N–H and O–H groups in total. The second-order valence-electron chi connectivity index (χ2n) is 3.34. The fraction of sp³-hybridized carbons (Fsp3) is 0.455. The van der Waals surface area contributed by atoms with Crippen LogP contribution in [0, 0.1) is 0 Å². The SMILES string of the molecule is CCCNC(C)c1cc(Cl)ccc1Br. The van der Waals surface area contributed by atoms with Crippen molar-refractivity contribution in [1.82, 2.24) is 5.32 Å². The quantitative estimate of drug-likeness (QED) is 0.870. The lowest BCUT2D eigenvalue weighted by atomic mass is 10.1. The van der Waals surface area contributed by atoms with Crippen molar-refractivity contribution in [2.24, 2.45) is 0 Å². The molecule has 78 valence electrons. The molecule has 0 fully saturated rings. The number of hydrogen-bond acceptors (Lipinski definition) is 1. The lowest BCUT2D eigenvalue weighted by molar-refractivity contribution is 0.569. The monoisotopic (exact) mass is 275 g/mol. The fourth-order valence-electron chi connectivity index (χ4n) is 1.32. The van der Waals surface area contributed by atoms with Crippen LogP contribution in [0.2, 0.25) is 5.02 Å². The summed E-state index contributed by atoms with van der Waals surface area (Å²) in [5.41, 5.74) is 1.21. The Balaban J connectivity index is 2.77. The average Bonchev–Trinajstić information content (AvgIpc) is 2.18. The molecule has 0 heterocycles. The van der Waals surface area contributed by atoms with E-state index in [0.29, 0.717) is 6.04 Å². The summed E-state index contributed by atoms with van der Waals surface area (Å²) < 4.78 is 1.11. The molecule has 1 aromatic carbocycles. The van der Waals surface area contributed by atoms with E-state index in [4.69, 9.17) is 11.6 Å². The predicted molar refractivity (Wildman–Crippen MR) is 65.9 cm³/mol. The molecule has 1 rings (SSSR count). The van der Waals surface area contributed by atoms with Crippen molar-refractivity contribution in [3.05, 3.63) is 33.3 Å². The second kappa shape index (κ2) is 5.74. The van der Waals surface area contributed by atoms with Gasteiger partial charge in [0.05, 0.1) is 0 Å². The second-order valence-corrected chi connectivity index (χ2v) is 4.63. The van der Waals surface area contributed by atoms with Gasteiger partial charge in [-0.15, -0.1) is 0 Å². The van der Waals surface area contributed by atoms with Gasteiger partial charge in [-0.25, -0.2) is 0 Å². The van der Waals surface area contributed by atoms with Crippen LogP contribution >= 0.6 is 27.5 Å². The molecule has 0 aromatic heterocycles. The molecule has 0 bridgehead atoms. The van der Waals surface area contributed by atoms with Crippen molar-refractivity contribution < 1.29 is 0 Å². The highest BCUT2D eigenvalue weighted by atomic mass is 79.9. The summed E-state index contributed by atoms with van der Waals surface area (Å²) in [6, 6.07) is 6.21. The third-order valence-corrected chi connectivity index (χ3v) is 3.08. The summed E-state index contributed by atoms with van der Waals surface area (Å²) in [5, 5.41) is 4.21. The Morgan fingerprint density at radius 3 is 2.86 bits per heavy atom. The Labute approximate surface area is 99.0 Å². The van der Waals surface area contributed by atoms with Crippen LogP contribution < -0.4 is 5.32 Å². The number of nitrogens with one attached hydrogen (secondary N) is 1. The molecule has 0 saturated carbocycles. The highest BCUT2D eigenvalue weighted by molar-refractivity contribution is 9.10. The Morgan fingerprint density at radius 2 is 2.21 bits per heavy atom. The van der Waals surface area contributed by atoms with Gasteiger partial charge in [-0.3, -0.25) is 0 Å². The molecule has 1 unspecified atom stereocenters. The Bertz CT molecular complexity index is 301. The van der Waals surface area contributed by atoms with Gasteiger partial charge in [0, 0.05) is 15.5 Å². The van der Waals surface area contributed by atoms with E-state index in [0.717, 1.165) is 22.5 Å². The van der Waals surface area contributed by atoms with Crippen molar-refractivity contribution in [1.29, 1.82) is 0 Å². The average molecular weight is 277 g/mol. The molecule has 1 atom stereocenters. The minimum absolute atomic E-state index is 0.336. The third-order valence-electron chi connectivity index (χ3n) is 2.13. The van der Waals surface area contributed by atoms with Gasteiger partial charge in [-0.2, -0.15) is 0 Å². The first-order chi connectivity index (χ1) is 6.65. The summed E-state index contributed by atoms with van der Waals surface area (Å²) in [7, 11) is 0. The minimum atomic E-state index is 0.336. The van der Waals surface area contributed by atoms with Crippen LogP contribution in [0.4, 0.5) is 0 Å². The van der Waals surface area contributed by atoms with E-state index in [2.05, 4.69) is 35.1 Å². The molecule has 0 aliphatic heterocycles. The summed E-state index contributed by atoms with van der Waals surface area (Å²) in [6.07, 6.45) is 1.14. The lowest BCUT2D eigenvalue weighted by Gasteiger charge is -2.15. The summed E-state index contributed by atoms with van der Waals surface area (Å²) in [4.78, 5) is 0. The zero-order valence-corrected chi connectivity index (χ0v) is 10.8. The summed E-state index contributed by atoms with van der Waals surface area (Å²) >= 11 is 9.47. The minimum Gasteiger partial charge on any atom is -0.310 e. The van der Waals surface area contributed by atoms with Gasteiger partial charge in [0.25, 0.3) is 0 Å². The van der Waals surface area contributed by atoms with Crippen LogP contribution in [0.3, 0.4) is 0 Å². The Morgan fingerprint density at radius 1 is 1.50 bits per heavy atom. The van der Waals surface area contributed by atoms with E-state index in [-0.39, 0.29) is 0 Å². The molecular formula is C11H15BrClN. The number of benzene rings is 1. The molecule has 1 nitrogen and oxygen atoms in total. The van der Waals surface area contributed by atoms with E-state index in [9.17, 15) is 0 Å². The largest absolute Gasteiger partial charge is 0.310 e. The van der Waals surface area contributed by atoms with Gasteiger partial charge in [0.1, 0.15) is 0 Å². The number of halogens is 2. The molecule has 14 heavy (non-hydrogen) atoms. The van der Waals surface area contributed by atoms with Crippen LogP contribution in [0.5, 0.6) is 0 Å². The molecule has 0 radical (unpaired) electrons. The van der Waals surface area contributed by atoms with E-state index in [1.54, 1.807) is 0 Å². The Kier molecular flexibility index (Phi) is 4.93. The van der Waals surface area contributed by atoms with Gasteiger partial charge in [0.2, 0.25) is 0 Å². The van der Waals surface area contributed by atoms with E-state index < -0.39 is 0 Å². The molecule has 0 saturated heterocycles. The van der Waals surface area contributed by atoms with Crippen molar-refractivity contribution in [3.63, 3.8) is 0 Å². The van der Waals surface area contributed by atoms with Crippen molar-refractivity contribution in [3.8, 4) is 0 Å². The first kappa shape index (κ1) is 12.0. The first-order valence-electron chi connectivity index (χ1n) is 4.83. The molecule has 0 aliphatic carbocycles. The molecule has 0 amide bonds. The zero-order chi connectivity index (χ0) is 10.6. The van der Waals surface area contributed by atoms with Crippen LogP contribution in [0.1, 0.15) is 31.9 Å². The lowest BCUT2D eigenvalue weighted by Crippen LogP contribution is -2.19. The Hall–Kier alpha value is -0.0500. The summed E-state index contributed by atoms with van der Waals surface area (Å²) in [5.74, 6) is 0. The van der Waals surface area contributed by atoms with Gasteiger partial charge >= 0.3 is 0 Å². The maximum absolute atomic E-state index is 5.95. The summed E-state index contributed by atoms with van der Waals surface area (Å²) in [6.45, 7) is 5.33. The third kappa shape index (κ3) is 3.26. The topological polar surface area (TPSA) is 12.0 Å². The van der Waals surface area contributed by atoms with Gasteiger partial charge in [-0.1, -0.05) is 34.5 Å². The highest BCUT2D eigenvalue weighted by Gasteiger charge is 2.08. The standard InChI is InChI=1S/C11H15BrClN/c1-3-6-14-8(2)10-7-9(13)4-5-11(10)12/h4-5,7-8,14H,3,6H2,1-2H3. The maximum atomic E-state index is 5.95. The molecular weight excluding hydrogens is 261 g/mol. The molecule has 0 aliphatic rings. The van der Waals surface area contributed by atoms with Gasteiger partial charge < -0.3 is 5.32 Å². The van der Waals surface area contributed by atoms with Crippen molar-refractivity contribution in [2.75, 3.05) is 6.54 Å². The maximum Gasteiger partial charge on any atom is 0.0410 e. The van der Waals surface area contributed by atoms with Gasteiger partial charge in [-0.05, 0) is 43.7 Å². The van der Waals surface area contributed by atoms with Gasteiger partial charge in [0.15, 0.2) is 0 Å². The molecule has 1 aromatic rings. The zero-order valence-electron chi connectivity index (χ0n) is 8.48. The molecule has 3 heteroatoms. The smallest absolute Gasteiger partial charge is 0.0410 e. The van der Waals surface area contributed by atoms with Crippen LogP contribution in [0.15, 0.2) is 22.7 Å². The van der Waals surface area contributed by atoms with Crippen LogP contribution in [0.25, 0.3) is 0 Å². The number of rotatable bonds is 4. The van der Waals surface area contributed by atoms with Crippen LogP contribution in [-0.2, 0) is 0 Å². The van der Waals surface area contributed by atoms with Crippen molar-refractivity contribution in [2.45, 2.75) is 26.3 Å². The fourth-order valence-corrected chi connectivity index (χ4v) is 2.09. The predicted octanol–water partition coefficient (Wildman–Crippen LogP) is 4.16. The normalized spacial score (nSPS) is 12.9. The first-order valence-corrected chi connectivity index (χ1v) is 6.00.